The second kappa shape index (κ2) is 7.46. The second-order valence-electron chi connectivity index (χ2n) is 4.64. The van der Waals surface area contributed by atoms with Crippen LogP contribution in [-0.2, 0) is 14.3 Å². The van der Waals surface area contributed by atoms with Gasteiger partial charge in [-0.25, -0.2) is 4.79 Å². The number of ether oxygens (including phenoxy) is 2. The predicted molar refractivity (Wildman–Crippen MR) is 97.2 cm³/mol. The molecule has 0 spiro atoms. The second-order valence-corrected chi connectivity index (χ2v) is 7.17. The van der Waals surface area contributed by atoms with Crippen molar-refractivity contribution < 1.29 is 19.1 Å². The maximum Gasteiger partial charge on any atom is 0.328 e. The van der Waals surface area contributed by atoms with E-state index in [0.29, 0.717) is 15.0 Å². The van der Waals surface area contributed by atoms with Crippen molar-refractivity contribution in [3.05, 3.63) is 33.1 Å². The Balaban J connectivity index is 2.28. The normalized spacial score (nSPS) is 17.6. The summed E-state index contributed by atoms with van der Waals surface area (Å²) in [6, 6.07) is 4.73. The fourth-order valence-corrected chi connectivity index (χ4v) is 3.99. The van der Waals surface area contributed by atoms with Crippen LogP contribution in [-0.4, -0.2) is 41.4 Å². The van der Waals surface area contributed by atoms with Gasteiger partial charge in [-0.3, -0.25) is 9.69 Å². The molecule has 1 fully saturated rings. The topological polar surface area (TPSA) is 55.8 Å². The maximum atomic E-state index is 12.5. The van der Waals surface area contributed by atoms with Crippen LogP contribution in [0.1, 0.15) is 12.5 Å². The summed E-state index contributed by atoms with van der Waals surface area (Å²) in [6.45, 7) is 1.59. The Hall–Kier alpha value is -1.38. The van der Waals surface area contributed by atoms with Crippen LogP contribution in [0.3, 0.4) is 0 Å². The van der Waals surface area contributed by atoms with Crippen LogP contribution in [0, 0.1) is 0 Å². The van der Waals surface area contributed by atoms with Crippen LogP contribution in [0.2, 0.25) is 0 Å². The zero-order valence-corrected chi connectivity index (χ0v) is 15.9. The third-order valence-corrected chi connectivity index (χ3v) is 5.18. The first-order valence-corrected chi connectivity index (χ1v) is 8.59. The molecule has 1 aliphatic rings. The number of thiocarbonyl (C=S) groups is 1. The molecule has 0 aromatic heterocycles. The van der Waals surface area contributed by atoms with Gasteiger partial charge in [0, 0.05) is 0 Å². The molecule has 1 saturated heterocycles. The summed E-state index contributed by atoms with van der Waals surface area (Å²) in [5.41, 5.74) is 0.823. The standard InChI is InChI=1S/C15H14BrNO4S2/c1-8(14(19)21-3)17-13(18)12(23-15(17)22)7-9-4-5-11(20-2)10(16)6-9/h4-8H,1-3H3/b12-7-. The summed E-state index contributed by atoms with van der Waals surface area (Å²) < 4.78 is 11.0. The Kier molecular flexibility index (Phi) is 5.83. The van der Waals surface area contributed by atoms with Gasteiger partial charge in [0.05, 0.1) is 23.6 Å². The highest BCUT2D eigenvalue weighted by atomic mass is 79.9. The summed E-state index contributed by atoms with van der Waals surface area (Å²) in [4.78, 5) is 25.9. The first-order chi connectivity index (χ1) is 10.9. The van der Waals surface area contributed by atoms with Gasteiger partial charge in [-0.05, 0) is 46.6 Å². The van der Waals surface area contributed by atoms with E-state index in [1.807, 2.05) is 12.1 Å². The van der Waals surface area contributed by atoms with Gasteiger partial charge >= 0.3 is 5.97 Å². The molecule has 0 bridgehead atoms. The summed E-state index contributed by atoms with van der Waals surface area (Å²) in [5, 5.41) is 0. The lowest BCUT2D eigenvalue weighted by atomic mass is 10.2. The van der Waals surface area contributed by atoms with Gasteiger partial charge in [0.1, 0.15) is 16.1 Å². The number of carbonyl (C=O) groups excluding carboxylic acids is 2. The van der Waals surface area contributed by atoms with Crippen molar-refractivity contribution in [1.82, 2.24) is 4.90 Å². The molecule has 1 aromatic rings. The lowest BCUT2D eigenvalue weighted by Gasteiger charge is -2.20. The van der Waals surface area contributed by atoms with Crippen molar-refractivity contribution in [3.63, 3.8) is 0 Å². The molecule has 1 unspecified atom stereocenters. The quantitative estimate of drug-likeness (QED) is 0.427. The average Bonchev–Trinajstić information content (AvgIpc) is 2.80. The van der Waals surface area contributed by atoms with Gasteiger partial charge in [-0.15, -0.1) is 0 Å². The zero-order chi connectivity index (χ0) is 17.1. The molecule has 0 N–H and O–H groups in total. The first-order valence-electron chi connectivity index (χ1n) is 6.57. The third-order valence-electron chi connectivity index (χ3n) is 3.23. The molecule has 1 atom stereocenters. The van der Waals surface area contributed by atoms with Crippen molar-refractivity contribution in [2.75, 3.05) is 14.2 Å². The van der Waals surface area contributed by atoms with E-state index in [0.717, 1.165) is 21.8 Å². The Morgan fingerprint density at radius 1 is 1.43 bits per heavy atom. The Bertz CT molecular complexity index is 705. The average molecular weight is 416 g/mol. The zero-order valence-electron chi connectivity index (χ0n) is 12.7. The molecule has 1 amide bonds. The molecule has 2 rings (SSSR count). The molecular formula is C15H14BrNO4S2. The van der Waals surface area contributed by atoms with Gasteiger partial charge in [0.15, 0.2) is 0 Å². The number of nitrogens with zero attached hydrogens (tertiary/aromatic N) is 1. The highest BCUT2D eigenvalue weighted by Crippen LogP contribution is 2.35. The number of rotatable bonds is 4. The van der Waals surface area contributed by atoms with Gasteiger partial charge in [-0.1, -0.05) is 30.0 Å². The molecule has 8 heteroatoms. The van der Waals surface area contributed by atoms with E-state index in [4.69, 9.17) is 17.0 Å². The monoisotopic (exact) mass is 415 g/mol. The van der Waals surface area contributed by atoms with Gasteiger partial charge in [0.25, 0.3) is 5.91 Å². The molecule has 23 heavy (non-hydrogen) atoms. The van der Waals surface area contributed by atoms with Crippen LogP contribution in [0.15, 0.2) is 27.6 Å². The van der Waals surface area contributed by atoms with Crippen molar-refractivity contribution in [2.45, 2.75) is 13.0 Å². The highest BCUT2D eigenvalue weighted by Gasteiger charge is 2.38. The van der Waals surface area contributed by atoms with Gasteiger partial charge in [-0.2, -0.15) is 0 Å². The summed E-state index contributed by atoms with van der Waals surface area (Å²) >= 11 is 9.78. The highest BCUT2D eigenvalue weighted by molar-refractivity contribution is 9.10. The number of hydrogen-bond donors (Lipinski definition) is 0. The molecule has 1 aliphatic heterocycles. The Morgan fingerprint density at radius 2 is 2.13 bits per heavy atom. The van der Waals surface area contributed by atoms with Crippen LogP contribution < -0.4 is 4.74 Å². The van der Waals surface area contributed by atoms with Crippen molar-refractivity contribution >= 4 is 62.2 Å². The van der Waals surface area contributed by atoms with Crippen molar-refractivity contribution in [3.8, 4) is 5.75 Å². The summed E-state index contributed by atoms with van der Waals surface area (Å²) in [5.74, 6) is -0.103. The number of carbonyl (C=O) groups is 2. The molecule has 1 aromatic carbocycles. The number of esters is 1. The minimum atomic E-state index is -0.749. The SMILES string of the molecule is COC(=O)C(C)N1C(=O)/C(=C/c2ccc(OC)c(Br)c2)SC1=S. The van der Waals surface area contributed by atoms with Crippen LogP contribution >= 0.6 is 39.9 Å². The van der Waals surface area contributed by atoms with Gasteiger partial charge < -0.3 is 9.47 Å². The minimum absolute atomic E-state index is 0.301. The Labute approximate surface area is 152 Å². The lowest BCUT2D eigenvalue weighted by molar-refractivity contribution is -0.147. The molecule has 0 saturated carbocycles. The largest absolute Gasteiger partial charge is 0.496 e. The number of hydrogen-bond acceptors (Lipinski definition) is 6. The number of benzene rings is 1. The summed E-state index contributed by atoms with van der Waals surface area (Å²) in [6.07, 6.45) is 1.73. The third kappa shape index (κ3) is 3.76. The lowest BCUT2D eigenvalue weighted by Crippen LogP contribution is -2.42. The summed E-state index contributed by atoms with van der Waals surface area (Å²) in [7, 11) is 2.86. The number of amides is 1. The van der Waals surface area contributed by atoms with Crippen molar-refractivity contribution in [2.24, 2.45) is 0 Å². The van der Waals surface area contributed by atoms with E-state index in [1.165, 1.54) is 12.0 Å². The fraction of sp³-hybridized carbons (Fsp3) is 0.267. The van der Waals surface area contributed by atoms with Crippen LogP contribution in [0.25, 0.3) is 6.08 Å². The molecule has 5 nitrogen and oxygen atoms in total. The van der Waals surface area contributed by atoms with E-state index in [2.05, 4.69) is 20.7 Å². The van der Waals surface area contributed by atoms with E-state index in [-0.39, 0.29) is 5.91 Å². The molecular weight excluding hydrogens is 402 g/mol. The molecule has 122 valence electrons. The Morgan fingerprint density at radius 3 is 2.70 bits per heavy atom. The fourth-order valence-electron chi connectivity index (χ4n) is 2.01. The molecule has 0 aliphatic carbocycles. The van der Waals surface area contributed by atoms with Crippen molar-refractivity contribution in [1.29, 1.82) is 0 Å². The molecule has 1 heterocycles. The van der Waals surface area contributed by atoms with E-state index >= 15 is 0 Å². The predicted octanol–water partition coefficient (Wildman–Crippen LogP) is 3.22. The van der Waals surface area contributed by atoms with Gasteiger partial charge in [0.2, 0.25) is 0 Å². The first kappa shape index (κ1) is 18.0. The molecule has 0 radical (unpaired) electrons. The maximum absolute atomic E-state index is 12.5. The van der Waals surface area contributed by atoms with Crippen LogP contribution in [0.5, 0.6) is 5.75 Å². The van der Waals surface area contributed by atoms with E-state index < -0.39 is 12.0 Å². The number of thioether (sulfide) groups is 1. The van der Waals surface area contributed by atoms with E-state index in [9.17, 15) is 9.59 Å². The number of halogens is 1. The smallest absolute Gasteiger partial charge is 0.328 e. The minimum Gasteiger partial charge on any atom is -0.496 e. The van der Waals surface area contributed by atoms with Crippen LogP contribution in [0.4, 0.5) is 0 Å². The van der Waals surface area contributed by atoms with E-state index in [1.54, 1.807) is 26.2 Å². The number of methoxy groups -OCH3 is 2.